The van der Waals surface area contributed by atoms with E-state index in [-0.39, 0.29) is 5.75 Å². The van der Waals surface area contributed by atoms with Crippen LogP contribution in [0.25, 0.3) is 0 Å². The summed E-state index contributed by atoms with van der Waals surface area (Å²) in [5.41, 5.74) is 1.20. The van der Waals surface area contributed by atoms with Crippen LogP contribution in [0.1, 0.15) is 5.56 Å². The molecule has 0 spiro atoms. The Kier molecular flexibility index (Phi) is 4.30. The predicted octanol–water partition coefficient (Wildman–Crippen LogP) is 1.09. The molecule has 7 heteroatoms. The number of benzene rings is 1. The molecule has 1 N–H and O–H groups in total. The second-order valence-corrected chi connectivity index (χ2v) is 4.55. The number of tetrazole rings is 1. The maximum Gasteiger partial charge on any atom is 0.313 e. The number of aryl methyl sites for hydroxylation is 2. The fourth-order valence-corrected chi connectivity index (χ4v) is 2.07. The number of nitrogens with zero attached hydrogens (tertiary/aromatic N) is 4. The van der Waals surface area contributed by atoms with E-state index in [4.69, 9.17) is 5.11 Å². The van der Waals surface area contributed by atoms with Crippen LogP contribution in [0.4, 0.5) is 0 Å². The molecule has 0 aliphatic rings. The first-order valence-corrected chi connectivity index (χ1v) is 6.39. The Hall–Kier alpha value is -1.89. The molecular weight excluding hydrogens is 252 g/mol. The van der Waals surface area contributed by atoms with Gasteiger partial charge in [0.05, 0.1) is 5.75 Å². The van der Waals surface area contributed by atoms with E-state index in [0.717, 1.165) is 18.2 Å². The molecule has 6 nitrogen and oxygen atoms in total. The number of carboxylic acids is 1. The molecule has 18 heavy (non-hydrogen) atoms. The quantitative estimate of drug-likeness (QED) is 0.787. The number of carboxylic acid groups (broad SMARTS) is 1. The molecule has 1 heterocycles. The Morgan fingerprint density at radius 1 is 1.33 bits per heavy atom. The van der Waals surface area contributed by atoms with Gasteiger partial charge in [0.25, 0.3) is 0 Å². The molecule has 2 rings (SSSR count). The molecule has 0 unspecified atom stereocenters. The zero-order valence-electron chi connectivity index (χ0n) is 9.56. The maximum atomic E-state index is 10.5. The average Bonchev–Trinajstić information content (AvgIpc) is 2.82. The summed E-state index contributed by atoms with van der Waals surface area (Å²) in [5.74, 6) is -0.913. The number of aliphatic carboxylic acids is 1. The van der Waals surface area contributed by atoms with Crippen molar-refractivity contribution in [3.63, 3.8) is 0 Å². The smallest absolute Gasteiger partial charge is 0.313 e. The predicted molar refractivity (Wildman–Crippen MR) is 66.3 cm³/mol. The Morgan fingerprint density at radius 3 is 2.83 bits per heavy atom. The third-order valence-corrected chi connectivity index (χ3v) is 3.22. The minimum atomic E-state index is -0.877. The second-order valence-electron chi connectivity index (χ2n) is 3.60. The van der Waals surface area contributed by atoms with Gasteiger partial charge in [-0.3, -0.25) is 4.79 Å². The van der Waals surface area contributed by atoms with Crippen LogP contribution in [0.15, 0.2) is 35.5 Å². The molecule has 0 atom stereocenters. The number of carbonyl (C=O) groups is 1. The molecule has 0 saturated carbocycles. The van der Waals surface area contributed by atoms with Crippen molar-refractivity contribution in [1.29, 1.82) is 0 Å². The molecule has 94 valence electrons. The van der Waals surface area contributed by atoms with Crippen LogP contribution in [-0.4, -0.2) is 37.0 Å². The molecule has 0 saturated heterocycles. The van der Waals surface area contributed by atoms with Crippen molar-refractivity contribution in [2.24, 2.45) is 0 Å². The van der Waals surface area contributed by atoms with Crippen molar-refractivity contribution >= 4 is 17.7 Å². The SMILES string of the molecule is O=C(O)CSc1nnnn1CCc1ccccc1. The minimum Gasteiger partial charge on any atom is -0.481 e. The molecule has 2 aromatic rings. The zero-order valence-corrected chi connectivity index (χ0v) is 10.4. The molecular formula is C11H12N4O2S. The van der Waals surface area contributed by atoms with Gasteiger partial charge in [0.1, 0.15) is 0 Å². The average molecular weight is 264 g/mol. The minimum absolute atomic E-state index is 0.0360. The van der Waals surface area contributed by atoms with Crippen LogP contribution in [0.3, 0.4) is 0 Å². The lowest BCUT2D eigenvalue weighted by atomic mass is 10.2. The lowest BCUT2D eigenvalue weighted by Gasteiger charge is -2.03. The number of hydrogen-bond donors (Lipinski definition) is 1. The van der Waals surface area contributed by atoms with E-state index in [9.17, 15) is 4.79 Å². The summed E-state index contributed by atoms with van der Waals surface area (Å²) < 4.78 is 1.63. The number of thioether (sulfide) groups is 1. The molecule has 0 aliphatic carbocycles. The van der Waals surface area contributed by atoms with Crippen LogP contribution in [0.5, 0.6) is 0 Å². The molecule has 0 bridgehead atoms. The fourth-order valence-electron chi connectivity index (χ4n) is 1.45. The Bertz CT molecular complexity index is 515. The van der Waals surface area contributed by atoms with Crippen LogP contribution in [-0.2, 0) is 17.8 Å². The highest BCUT2D eigenvalue weighted by Gasteiger charge is 2.08. The number of aromatic nitrogens is 4. The molecule has 0 aliphatic heterocycles. The first-order valence-electron chi connectivity index (χ1n) is 5.40. The van der Waals surface area contributed by atoms with E-state index in [1.807, 2.05) is 30.3 Å². The summed E-state index contributed by atoms with van der Waals surface area (Å²) in [4.78, 5) is 10.5. The topological polar surface area (TPSA) is 80.9 Å². The Balaban J connectivity index is 1.93. The van der Waals surface area contributed by atoms with Gasteiger partial charge >= 0.3 is 5.97 Å². The third-order valence-electron chi connectivity index (χ3n) is 2.28. The van der Waals surface area contributed by atoms with Crippen molar-refractivity contribution < 1.29 is 9.90 Å². The van der Waals surface area contributed by atoms with Crippen LogP contribution in [0.2, 0.25) is 0 Å². The second kappa shape index (κ2) is 6.15. The normalized spacial score (nSPS) is 10.4. The summed E-state index contributed by atoms with van der Waals surface area (Å²) in [5, 5.41) is 20.4. The molecule has 1 aromatic carbocycles. The summed E-state index contributed by atoms with van der Waals surface area (Å²) in [6.45, 7) is 0.638. The lowest BCUT2D eigenvalue weighted by Crippen LogP contribution is -2.07. The van der Waals surface area contributed by atoms with E-state index in [0.29, 0.717) is 11.7 Å². The van der Waals surface area contributed by atoms with Gasteiger partial charge in [0, 0.05) is 6.54 Å². The monoisotopic (exact) mass is 264 g/mol. The molecule has 1 aromatic heterocycles. The lowest BCUT2D eigenvalue weighted by molar-refractivity contribution is -0.133. The summed E-state index contributed by atoms with van der Waals surface area (Å²) in [7, 11) is 0. The maximum absolute atomic E-state index is 10.5. The van der Waals surface area contributed by atoms with Gasteiger partial charge in [-0.1, -0.05) is 42.1 Å². The number of rotatable bonds is 6. The van der Waals surface area contributed by atoms with Gasteiger partial charge < -0.3 is 5.11 Å². The van der Waals surface area contributed by atoms with Crippen molar-refractivity contribution in [2.75, 3.05) is 5.75 Å². The van der Waals surface area contributed by atoms with E-state index < -0.39 is 5.97 Å². The fraction of sp³-hybridized carbons (Fsp3) is 0.273. The number of hydrogen-bond acceptors (Lipinski definition) is 5. The first-order chi connectivity index (χ1) is 8.75. The van der Waals surface area contributed by atoms with Crippen molar-refractivity contribution in [1.82, 2.24) is 20.2 Å². The molecule has 0 amide bonds. The van der Waals surface area contributed by atoms with Gasteiger partial charge in [-0.05, 0) is 22.4 Å². The summed E-state index contributed by atoms with van der Waals surface area (Å²) >= 11 is 1.12. The first kappa shape index (κ1) is 12.6. The van der Waals surface area contributed by atoms with Gasteiger partial charge in [-0.2, -0.15) is 0 Å². The van der Waals surface area contributed by atoms with E-state index in [2.05, 4.69) is 15.5 Å². The van der Waals surface area contributed by atoms with E-state index in [1.165, 1.54) is 5.56 Å². The van der Waals surface area contributed by atoms with Crippen LogP contribution in [0, 0.1) is 0 Å². The van der Waals surface area contributed by atoms with Gasteiger partial charge in [0.15, 0.2) is 0 Å². The van der Waals surface area contributed by atoms with E-state index in [1.54, 1.807) is 4.68 Å². The van der Waals surface area contributed by atoms with Crippen molar-refractivity contribution in [2.45, 2.75) is 18.1 Å². The van der Waals surface area contributed by atoms with Crippen LogP contribution >= 0.6 is 11.8 Å². The highest BCUT2D eigenvalue weighted by Crippen LogP contribution is 2.13. The van der Waals surface area contributed by atoms with E-state index >= 15 is 0 Å². The molecule has 0 radical (unpaired) electrons. The Labute approximate surface area is 108 Å². The van der Waals surface area contributed by atoms with Crippen molar-refractivity contribution in [3.8, 4) is 0 Å². The van der Waals surface area contributed by atoms with Crippen LogP contribution < -0.4 is 0 Å². The van der Waals surface area contributed by atoms with Crippen molar-refractivity contribution in [3.05, 3.63) is 35.9 Å². The highest BCUT2D eigenvalue weighted by molar-refractivity contribution is 7.99. The summed E-state index contributed by atoms with van der Waals surface area (Å²) in [6.07, 6.45) is 0.812. The largest absolute Gasteiger partial charge is 0.481 e. The highest BCUT2D eigenvalue weighted by atomic mass is 32.2. The molecule has 0 fully saturated rings. The zero-order chi connectivity index (χ0) is 12.8. The summed E-state index contributed by atoms with van der Waals surface area (Å²) in [6, 6.07) is 10.0. The van der Waals surface area contributed by atoms with Gasteiger partial charge in [-0.25, -0.2) is 4.68 Å². The van der Waals surface area contributed by atoms with Gasteiger partial charge in [-0.15, -0.1) is 5.10 Å². The van der Waals surface area contributed by atoms with Gasteiger partial charge in [0.2, 0.25) is 5.16 Å². The third kappa shape index (κ3) is 3.56. The Morgan fingerprint density at radius 2 is 2.11 bits per heavy atom. The standard InChI is InChI=1S/C11H12N4O2S/c16-10(17)8-18-11-12-13-14-15(11)7-6-9-4-2-1-3-5-9/h1-5H,6-8H2,(H,16,17).